The molecule has 2 rings (SSSR count). The minimum atomic E-state index is -0.983. The van der Waals surface area contributed by atoms with Crippen LogP contribution < -0.4 is 10.2 Å². The van der Waals surface area contributed by atoms with E-state index in [9.17, 15) is 14.7 Å². The Morgan fingerprint density at radius 1 is 1.38 bits per heavy atom. The molecule has 0 spiro atoms. The van der Waals surface area contributed by atoms with E-state index in [4.69, 9.17) is 0 Å². The molecule has 1 aromatic rings. The molecule has 6 heteroatoms. The summed E-state index contributed by atoms with van der Waals surface area (Å²) in [5.41, 5.74) is 0.658. The van der Waals surface area contributed by atoms with Crippen LogP contribution in [0.1, 0.15) is 43.2 Å². The van der Waals surface area contributed by atoms with Gasteiger partial charge in [0.2, 0.25) is 5.91 Å². The van der Waals surface area contributed by atoms with Gasteiger partial charge in [-0.2, -0.15) is 0 Å². The van der Waals surface area contributed by atoms with Gasteiger partial charge in [-0.25, -0.2) is 9.78 Å². The Kier molecular flexibility index (Phi) is 4.16. The molecule has 0 aromatic carbocycles. The van der Waals surface area contributed by atoms with Gasteiger partial charge in [-0.15, -0.1) is 0 Å². The van der Waals surface area contributed by atoms with E-state index in [1.807, 2.05) is 25.7 Å². The number of anilines is 1. The highest BCUT2D eigenvalue weighted by Crippen LogP contribution is 2.25. The maximum atomic E-state index is 11.7. The minimum Gasteiger partial charge on any atom is -0.478 e. The number of amides is 1. The third-order valence-electron chi connectivity index (χ3n) is 3.41. The van der Waals surface area contributed by atoms with Crippen molar-refractivity contribution < 1.29 is 14.7 Å². The highest BCUT2D eigenvalue weighted by atomic mass is 16.4. The molecule has 0 bridgehead atoms. The summed E-state index contributed by atoms with van der Waals surface area (Å²) in [6.07, 6.45) is 0.815. The average Bonchev–Trinajstić information content (AvgIpc) is 2.62. The fourth-order valence-corrected chi connectivity index (χ4v) is 2.19. The summed E-state index contributed by atoms with van der Waals surface area (Å²) in [7, 11) is 0. The van der Waals surface area contributed by atoms with E-state index >= 15 is 0 Å². The molecule has 0 radical (unpaired) electrons. The quantitative estimate of drug-likeness (QED) is 0.860. The number of rotatable bonds is 2. The van der Waals surface area contributed by atoms with Crippen molar-refractivity contribution in [2.24, 2.45) is 0 Å². The van der Waals surface area contributed by atoms with Crippen molar-refractivity contribution in [2.75, 3.05) is 24.5 Å². The average molecular weight is 291 g/mol. The highest BCUT2D eigenvalue weighted by Gasteiger charge is 2.22. The molecule has 1 fully saturated rings. The van der Waals surface area contributed by atoms with E-state index in [0.717, 1.165) is 6.42 Å². The second kappa shape index (κ2) is 5.71. The monoisotopic (exact) mass is 291 g/mol. The van der Waals surface area contributed by atoms with Crippen LogP contribution in [0.15, 0.2) is 12.1 Å². The van der Waals surface area contributed by atoms with Gasteiger partial charge < -0.3 is 15.3 Å². The topological polar surface area (TPSA) is 82.5 Å². The predicted molar refractivity (Wildman–Crippen MR) is 79.7 cm³/mol. The number of carboxylic acid groups (broad SMARTS) is 1. The lowest BCUT2D eigenvalue weighted by atomic mass is 9.90. The first-order chi connectivity index (χ1) is 9.77. The van der Waals surface area contributed by atoms with Gasteiger partial charge in [-0.1, -0.05) is 20.8 Å². The fourth-order valence-electron chi connectivity index (χ4n) is 2.19. The number of nitrogens with one attached hydrogen (secondary N) is 1. The summed E-state index contributed by atoms with van der Waals surface area (Å²) in [6.45, 7) is 7.48. The third-order valence-corrected chi connectivity index (χ3v) is 3.41. The van der Waals surface area contributed by atoms with E-state index in [1.165, 1.54) is 6.07 Å². The molecule has 0 aliphatic carbocycles. The molecule has 1 aliphatic heterocycles. The van der Waals surface area contributed by atoms with Gasteiger partial charge in [-0.3, -0.25) is 4.79 Å². The number of aromatic carboxylic acids is 1. The number of aromatic nitrogens is 1. The molecular weight excluding hydrogens is 270 g/mol. The van der Waals surface area contributed by atoms with Crippen LogP contribution in [-0.2, 0) is 10.2 Å². The van der Waals surface area contributed by atoms with Gasteiger partial charge in [-0.05, 0) is 18.6 Å². The number of pyridine rings is 1. The van der Waals surface area contributed by atoms with Gasteiger partial charge >= 0.3 is 5.97 Å². The number of carboxylic acids is 1. The van der Waals surface area contributed by atoms with Crippen LogP contribution in [0.4, 0.5) is 5.82 Å². The van der Waals surface area contributed by atoms with E-state index in [-0.39, 0.29) is 23.4 Å². The molecule has 1 saturated heterocycles. The summed E-state index contributed by atoms with van der Waals surface area (Å²) in [4.78, 5) is 29.4. The molecule has 1 aromatic heterocycles. The Bertz CT molecular complexity index is 564. The van der Waals surface area contributed by atoms with Crippen molar-refractivity contribution in [2.45, 2.75) is 32.6 Å². The van der Waals surface area contributed by atoms with Crippen molar-refractivity contribution >= 4 is 17.7 Å². The van der Waals surface area contributed by atoms with E-state index in [2.05, 4.69) is 10.3 Å². The smallest absolute Gasteiger partial charge is 0.335 e. The normalized spacial score (nSPS) is 16.3. The largest absolute Gasteiger partial charge is 0.478 e. The van der Waals surface area contributed by atoms with Gasteiger partial charge in [0, 0.05) is 24.2 Å². The molecule has 2 N–H and O–H groups in total. The van der Waals surface area contributed by atoms with Gasteiger partial charge in [0.1, 0.15) is 5.82 Å². The van der Waals surface area contributed by atoms with Crippen LogP contribution in [0.2, 0.25) is 0 Å². The lowest BCUT2D eigenvalue weighted by molar-refractivity contribution is -0.119. The zero-order valence-corrected chi connectivity index (χ0v) is 12.6. The zero-order valence-electron chi connectivity index (χ0n) is 12.6. The molecular formula is C15H21N3O3. The van der Waals surface area contributed by atoms with Crippen LogP contribution in [0.25, 0.3) is 0 Å². The second-order valence-electron chi connectivity index (χ2n) is 6.28. The number of hydrogen-bond donors (Lipinski definition) is 2. The summed E-state index contributed by atoms with van der Waals surface area (Å²) in [5, 5.41) is 12.1. The number of carbonyl (C=O) groups is 2. The maximum absolute atomic E-state index is 11.7. The van der Waals surface area contributed by atoms with Crippen molar-refractivity contribution in [3.8, 4) is 0 Å². The Hall–Kier alpha value is -2.11. The van der Waals surface area contributed by atoms with E-state index < -0.39 is 5.97 Å². The molecule has 6 nitrogen and oxygen atoms in total. The number of carbonyl (C=O) groups excluding carboxylic acids is 1. The highest BCUT2D eigenvalue weighted by molar-refractivity contribution is 5.89. The van der Waals surface area contributed by atoms with E-state index in [1.54, 1.807) is 6.07 Å². The van der Waals surface area contributed by atoms with Crippen LogP contribution in [0.5, 0.6) is 0 Å². The molecule has 0 atom stereocenters. The Morgan fingerprint density at radius 3 is 2.71 bits per heavy atom. The van der Waals surface area contributed by atoms with Gasteiger partial charge in [0.25, 0.3) is 0 Å². The molecule has 1 aliphatic rings. The second-order valence-corrected chi connectivity index (χ2v) is 6.28. The first-order valence-corrected chi connectivity index (χ1v) is 7.05. The summed E-state index contributed by atoms with van der Waals surface area (Å²) < 4.78 is 0. The Labute approximate surface area is 124 Å². The van der Waals surface area contributed by atoms with Gasteiger partial charge in [0.05, 0.1) is 12.1 Å². The SMILES string of the molecule is CC(C)(C)c1cc(C(=O)O)cc(N2CCCNC(=O)C2)n1. The lowest BCUT2D eigenvalue weighted by Crippen LogP contribution is -2.34. The zero-order chi connectivity index (χ0) is 15.6. The fraction of sp³-hybridized carbons (Fsp3) is 0.533. The predicted octanol–water partition coefficient (Wildman–Crippen LogP) is 1.40. The molecule has 0 unspecified atom stereocenters. The van der Waals surface area contributed by atoms with Crippen LogP contribution in [-0.4, -0.2) is 41.6 Å². The van der Waals surface area contributed by atoms with Gasteiger partial charge in [0.15, 0.2) is 0 Å². The first kappa shape index (κ1) is 15.3. The van der Waals surface area contributed by atoms with Crippen LogP contribution in [0.3, 0.4) is 0 Å². The first-order valence-electron chi connectivity index (χ1n) is 7.05. The molecule has 2 heterocycles. The molecule has 114 valence electrons. The van der Waals surface area contributed by atoms with Crippen molar-refractivity contribution in [1.82, 2.24) is 10.3 Å². The molecule has 1 amide bonds. The number of nitrogens with zero attached hydrogens (tertiary/aromatic N) is 2. The molecule has 0 saturated carbocycles. The molecule has 21 heavy (non-hydrogen) atoms. The maximum Gasteiger partial charge on any atom is 0.335 e. The van der Waals surface area contributed by atoms with Crippen molar-refractivity contribution in [3.63, 3.8) is 0 Å². The van der Waals surface area contributed by atoms with Crippen LogP contribution >= 0.6 is 0 Å². The van der Waals surface area contributed by atoms with E-state index in [0.29, 0.717) is 24.6 Å². The summed E-state index contributed by atoms with van der Waals surface area (Å²) >= 11 is 0. The standard InChI is InChI=1S/C15H21N3O3/c1-15(2,3)11-7-10(14(20)21)8-12(17-11)18-6-4-5-16-13(19)9-18/h7-8H,4-6,9H2,1-3H3,(H,16,19)(H,20,21). The Morgan fingerprint density at radius 2 is 2.10 bits per heavy atom. The Balaban J connectivity index is 2.44. The number of hydrogen-bond acceptors (Lipinski definition) is 4. The van der Waals surface area contributed by atoms with Crippen molar-refractivity contribution in [3.05, 3.63) is 23.4 Å². The minimum absolute atomic E-state index is 0.0627. The third kappa shape index (κ3) is 3.71. The lowest BCUT2D eigenvalue weighted by Gasteiger charge is -2.24. The van der Waals surface area contributed by atoms with Crippen LogP contribution in [0, 0.1) is 0 Å². The summed E-state index contributed by atoms with van der Waals surface area (Å²) in [6, 6.07) is 3.14. The van der Waals surface area contributed by atoms with Crippen molar-refractivity contribution in [1.29, 1.82) is 0 Å². The summed E-state index contributed by atoms with van der Waals surface area (Å²) in [5.74, 6) is -0.493.